The Bertz CT molecular complexity index is 561. The van der Waals surface area contributed by atoms with Crippen molar-refractivity contribution in [2.24, 2.45) is 0 Å². The Morgan fingerprint density at radius 1 is 1.32 bits per heavy atom. The molecule has 1 aliphatic heterocycles. The summed E-state index contributed by atoms with van der Waals surface area (Å²) in [6.07, 6.45) is 0.909. The van der Waals surface area contributed by atoms with Gasteiger partial charge in [-0.05, 0) is 23.2 Å². The Hall–Kier alpha value is -2.08. The standard InChI is InChI=1S/C12H12ClN5O/c13-10-16-11(14)18-12(17-10)15-6-8-5-7-3-1-2-4-9(7)19-8/h1-4,8H,5-6H2,(H3,14,15,16,17,18). The molecule has 0 aliphatic carbocycles. The maximum absolute atomic E-state index is 5.79. The Morgan fingerprint density at radius 3 is 2.95 bits per heavy atom. The van der Waals surface area contributed by atoms with E-state index in [1.54, 1.807) is 0 Å². The molecule has 7 heteroatoms. The van der Waals surface area contributed by atoms with Crippen LogP contribution in [0.15, 0.2) is 24.3 Å². The summed E-state index contributed by atoms with van der Waals surface area (Å²) in [7, 11) is 0. The third-order valence-electron chi connectivity index (χ3n) is 2.83. The van der Waals surface area contributed by atoms with Crippen molar-refractivity contribution in [2.45, 2.75) is 12.5 Å². The van der Waals surface area contributed by atoms with E-state index in [1.165, 1.54) is 5.56 Å². The summed E-state index contributed by atoms with van der Waals surface area (Å²) >= 11 is 5.71. The van der Waals surface area contributed by atoms with Crippen molar-refractivity contribution in [1.82, 2.24) is 15.0 Å². The molecule has 98 valence electrons. The number of nitrogen functional groups attached to an aromatic ring is 1. The molecule has 1 aromatic carbocycles. The topological polar surface area (TPSA) is 86.0 Å². The number of hydrogen-bond donors (Lipinski definition) is 2. The van der Waals surface area contributed by atoms with E-state index in [2.05, 4.69) is 26.3 Å². The predicted octanol–water partition coefficient (Wildman–Crippen LogP) is 1.52. The highest BCUT2D eigenvalue weighted by atomic mass is 35.5. The largest absolute Gasteiger partial charge is 0.488 e. The fraction of sp³-hybridized carbons (Fsp3) is 0.250. The molecule has 0 fully saturated rings. The molecule has 0 spiro atoms. The number of nitrogens with one attached hydrogen (secondary N) is 1. The molecule has 2 heterocycles. The van der Waals surface area contributed by atoms with Crippen molar-refractivity contribution in [1.29, 1.82) is 0 Å². The lowest BCUT2D eigenvalue weighted by Gasteiger charge is -2.11. The van der Waals surface area contributed by atoms with Gasteiger partial charge < -0.3 is 15.8 Å². The molecule has 1 unspecified atom stereocenters. The zero-order valence-electron chi connectivity index (χ0n) is 10.0. The van der Waals surface area contributed by atoms with Crippen LogP contribution in [0.3, 0.4) is 0 Å². The average molecular weight is 278 g/mol. The maximum Gasteiger partial charge on any atom is 0.228 e. The van der Waals surface area contributed by atoms with Crippen molar-refractivity contribution >= 4 is 23.5 Å². The van der Waals surface area contributed by atoms with Crippen LogP contribution in [0.1, 0.15) is 5.56 Å². The van der Waals surface area contributed by atoms with E-state index in [1.807, 2.05) is 18.2 Å². The van der Waals surface area contributed by atoms with Gasteiger partial charge in [0, 0.05) is 6.42 Å². The average Bonchev–Trinajstić information content (AvgIpc) is 2.78. The molecular weight excluding hydrogens is 266 g/mol. The number of fused-ring (bicyclic) bond motifs is 1. The number of nitrogens with two attached hydrogens (primary N) is 1. The van der Waals surface area contributed by atoms with Gasteiger partial charge in [-0.2, -0.15) is 15.0 Å². The normalized spacial score (nSPS) is 16.8. The number of rotatable bonds is 3. The molecule has 1 atom stereocenters. The number of nitrogens with zero attached hydrogens (tertiary/aromatic N) is 3. The van der Waals surface area contributed by atoms with Crippen LogP contribution >= 0.6 is 11.6 Å². The second-order valence-corrected chi connectivity index (χ2v) is 4.56. The van der Waals surface area contributed by atoms with E-state index in [4.69, 9.17) is 22.1 Å². The molecule has 1 aliphatic rings. The molecule has 0 amide bonds. The first kappa shape index (κ1) is 12.0. The van der Waals surface area contributed by atoms with Gasteiger partial charge in [0.1, 0.15) is 11.9 Å². The first-order valence-corrected chi connectivity index (χ1v) is 6.24. The fourth-order valence-corrected chi connectivity index (χ4v) is 2.18. The summed E-state index contributed by atoms with van der Waals surface area (Å²) in [5.41, 5.74) is 6.70. The number of ether oxygens (including phenoxy) is 1. The highest BCUT2D eigenvalue weighted by Gasteiger charge is 2.22. The second-order valence-electron chi connectivity index (χ2n) is 4.22. The van der Waals surface area contributed by atoms with E-state index in [-0.39, 0.29) is 17.3 Å². The van der Waals surface area contributed by atoms with E-state index in [0.717, 1.165) is 12.2 Å². The fourth-order valence-electron chi connectivity index (χ4n) is 2.02. The minimum atomic E-state index is 0.0502. The van der Waals surface area contributed by atoms with Crippen molar-refractivity contribution in [2.75, 3.05) is 17.6 Å². The number of para-hydroxylation sites is 1. The van der Waals surface area contributed by atoms with Gasteiger partial charge in [-0.15, -0.1) is 0 Å². The number of anilines is 2. The minimum Gasteiger partial charge on any atom is -0.488 e. The monoisotopic (exact) mass is 277 g/mol. The molecule has 0 bridgehead atoms. The second kappa shape index (κ2) is 4.89. The van der Waals surface area contributed by atoms with Crippen molar-refractivity contribution < 1.29 is 4.74 Å². The zero-order valence-corrected chi connectivity index (χ0v) is 10.8. The van der Waals surface area contributed by atoms with Crippen LogP contribution in [0.2, 0.25) is 5.28 Å². The van der Waals surface area contributed by atoms with Gasteiger partial charge in [-0.3, -0.25) is 0 Å². The molecule has 2 aromatic rings. The highest BCUT2D eigenvalue weighted by Crippen LogP contribution is 2.28. The summed E-state index contributed by atoms with van der Waals surface area (Å²) in [6, 6.07) is 7.99. The van der Waals surface area contributed by atoms with Crippen molar-refractivity contribution in [3.05, 3.63) is 35.1 Å². The van der Waals surface area contributed by atoms with Gasteiger partial charge in [-0.25, -0.2) is 0 Å². The van der Waals surface area contributed by atoms with Crippen LogP contribution in [-0.2, 0) is 6.42 Å². The predicted molar refractivity (Wildman–Crippen MR) is 72.3 cm³/mol. The summed E-state index contributed by atoms with van der Waals surface area (Å²) in [4.78, 5) is 11.6. The molecule has 6 nitrogen and oxygen atoms in total. The Labute approximate surface area is 115 Å². The summed E-state index contributed by atoms with van der Waals surface area (Å²) in [5.74, 6) is 1.39. The molecule has 3 rings (SSSR count). The molecule has 3 N–H and O–H groups in total. The van der Waals surface area contributed by atoms with Crippen LogP contribution in [0.5, 0.6) is 5.75 Å². The van der Waals surface area contributed by atoms with Crippen LogP contribution in [0, 0.1) is 0 Å². The summed E-state index contributed by atoms with van der Waals surface area (Å²) in [5, 5.41) is 3.13. The zero-order chi connectivity index (χ0) is 13.2. The van der Waals surface area contributed by atoms with Crippen molar-refractivity contribution in [3.63, 3.8) is 0 Å². The highest BCUT2D eigenvalue weighted by molar-refractivity contribution is 6.28. The molecular formula is C12H12ClN5O. The van der Waals surface area contributed by atoms with E-state index in [9.17, 15) is 0 Å². The number of aromatic nitrogens is 3. The van der Waals surface area contributed by atoms with Crippen LogP contribution in [0.4, 0.5) is 11.9 Å². The third kappa shape index (κ3) is 2.68. The van der Waals surface area contributed by atoms with Crippen LogP contribution < -0.4 is 15.8 Å². The number of benzene rings is 1. The minimum absolute atomic E-state index is 0.0502. The van der Waals surface area contributed by atoms with Crippen LogP contribution in [0.25, 0.3) is 0 Å². The first-order valence-electron chi connectivity index (χ1n) is 5.86. The lowest BCUT2D eigenvalue weighted by Crippen LogP contribution is -2.25. The summed E-state index contributed by atoms with van der Waals surface area (Å²) < 4.78 is 5.79. The quantitative estimate of drug-likeness (QED) is 0.885. The van der Waals surface area contributed by atoms with Gasteiger partial charge >= 0.3 is 0 Å². The lowest BCUT2D eigenvalue weighted by molar-refractivity contribution is 0.246. The van der Waals surface area contributed by atoms with Crippen LogP contribution in [-0.4, -0.2) is 27.6 Å². The molecule has 19 heavy (non-hydrogen) atoms. The smallest absolute Gasteiger partial charge is 0.228 e. The van der Waals surface area contributed by atoms with E-state index >= 15 is 0 Å². The van der Waals surface area contributed by atoms with Gasteiger partial charge in [0.25, 0.3) is 0 Å². The Morgan fingerprint density at radius 2 is 2.16 bits per heavy atom. The number of halogens is 1. The van der Waals surface area contributed by atoms with E-state index < -0.39 is 0 Å². The van der Waals surface area contributed by atoms with Crippen molar-refractivity contribution in [3.8, 4) is 5.75 Å². The molecule has 0 radical (unpaired) electrons. The van der Waals surface area contributed by atoms with Gasteiger partial charge in [0.05, 0.1) is 6.54 Å². The van der Waals surface area contributed by atoms with Gasteiger partial charge in [0.2, 0.25) is 17.2 Å². The SMILES string of the molecule is Nc1nc(Cl)nc(NCC2Cc3ccccc3O2)n1. The molecule has 0 saturated carbocycles. The third-order valence-corrected chi connectivity index (χ3v) is 3.00. The van der Waals surface area contributed by atoms with E-state index in [0.29, 0.717) is 12.5 Å². The lowest BCUT2D eigenvalue weighted by atomic mass is 10.1. The molecule has 0 saturated heterocycles. The first-order chi connectivity index (χ1) is 9.20. The summed E-state index contributed by atoms with van der Waals surface area (Å²) in [6.45, 7) is 0.578. The molecule has 1 aromatic heterocycles. The number of hydrogen-bond acceptors (Lipinski definition) is 6. The van der Waals surface area contributed by atoms with Gasteiger partial charge in [0.15, 0.2) is 0 Å². The van der Waals surface area contributed by atoms with Gasteiger partial charge in [-0.1, -0.05) is 18.2 Å². The maximum atomic E-state index is 5.79. The Kier molecular flexibility index (Phi) is 3.08. The Balaban J connectivity index is 1.62.